The highest BCUT2D eigenvalue weighted by Gasteiger charge is 2.64. The number of hydrogen-bond acceptors (Lipinski definition) is 3. The van der Waals surface area contributed by atoms with Crippen LogP contribution in [0.15, 0.2) is 42.5 Å². The molecule has 0 aromatic heterocycles. The Bertz CT molecular complexity index is 907. The highest BCUT2D eigenvalue weighted by molar-refractivity contribution is 5.55. The quantitative estimate of drug-likeness (QED) is 0.297. The van der Waals surface area contributed by atoms with Crippen molar-refractivity contribution in [2.75, 3.05) is 0 Å². The van der Waals surface area contributed by atoms with Gasteiger partial charge < -0.3 is 14.9 Å². The van der Waals surface area contributed by atoms with Gasteiger partial charge >= 0.3 is 0 Å². The number of unbranched alkanes of at least 4 members (excludes halogenated alkanes) is 12. The number of hydrogen-bond donors (Lipinski definition) is 2. The molecule has 1 aliphatic heterocycles. The van der Waals surface area contributed by atoms with Crippen LogP contribution in [0.2, 0.25) is 0 Å². The second-order valence-electron chi connectivity index (χ2n) is 10.3. The predicted octanol–water partition coefficient (Wildman–Crippen LogP) is 7.30. The monoisotopic (exact) mass is 450 g/mol. The molecule has 2 N–H and O–H groups in total. The minimum Gasteiger partial charge on any atom is -0.454 e. The largest absolute Gasteiger partial charge is 0.454 e. The fourth-order valence-electron chi connectivity index (χ4n) is 5.69. The standard InChI is InChI=1S/C30H42O3/c1-2-3-4-5-6-7-8-9-10-11-12-13-14-17-24-20-21-28-27(22-24)29(31)23-25-18-15-16-19-26(25)30(29,32)33-28/h15-16,18-22,31-32H,2-14,17,23H2,1H3. The van der Waals surface area contributed by atoms with E-state index in [0.29, 0.717) is 17.7 Å². The van der Waals surface area contributed by atoms with Crippen LogP contribution in [0.3, 0.4) is 0 Å². The molecule has 1 heterocycles. The van der Waals surface area contributed by atoms with Crippen LogP contribution >= 0.6 is 0 Å². The number of fused-ring (bicyclic) bond motifs is 5. The van der Waals surface area contributed by atoms with Crippen molar-refractivity contribution in [1.82, 2.24) is 0 Å². The summed E-state index contributed by atoms with van der Waals surface area (Å²) in [6, 6.07) is 13.7. The first kappa shape index (κ1) is 24.3. The first-order chi connectivity index (χ1) is 16.1. The minimum absolute atomic E-state index is 0.384. The second-order valence-corrected chi connectivity index (χ2v) is 10.3. The smallest absolute Gasteiger partial charge is 0.268 e. The Morgan fingerprint density at radius 3 is 2.00 bits per heavy atom. The summed E-state index contributed by atoms with van der Waals surface area (Å²) in [5.74, 6) is -1.08. The van der Waals surface area contributed by atoms with Crippen molar-refractivity contribution in [2.24, 2.45) is 0 Å². The number of benzene rings is 2. The third-order valence-corrected chi connectivity index (χ3v) is 7.71. The van der Waals surface area contributed by atoms with Gasteiger partial charge in [0.05, 0.1) is 0 Å². The van der Waals surface area contributed by atoms with Crippen molar-refractivity contribution in [3.8, 4) is 5.75 Å². The summed E-state index contributed by atoms with van der Waals surface area (Å²) in [5.41, 5.74) is 2.18. The summed E-state index contributed by atoms with van der Waals surface area (Å²) in [4.78, 5) is 0. The fraction of sp³-hybridized carbons (Fsp3) is 0.600. The Morgan fingerprint density at radius 1 is 0.727 bits per heavy atom. The average molecular weight is 451 g/mol. The first-order valence-electron chi connectivity index (χ1n) is 13.4. The maximum atomic E-state index is 11.5. The van der Waals surface area contributed by atoms with E-state index in [9.17, 15) is 10.2 Å². The molecule has 3 nitrogen and oxygen atoms in total. The van der Waals surface area contributed by atoms with Crippen LogP contribution in [0.25, 0.3) is 0 Å². The van der Waals surface area contributed by atoms with Gasteiger partial charge in [0.2, 0.25) is 0 Å². The number of aliphatic hydroxyl groups is 2. The van der Waals surface area contributed by atoms with Crippen molar-refractivity contribution in [1.29, 1.82) is 0 Å². The lowest BCUT2D eigenvalue weighted by atomic mass is 9.86. The van der Waals surface area contributed by atoms with E-state index >= 15 is 0 Å². The van der Waals surface area contributed by atoms with E-state index in [1.165, 1.54) is 89.0 Å². The molecule has 2 aromatic carbocycles. The Morgan fingerprint density at radius 2 is 1.33 bits per heavy atom. The van der Waals surface area contributed by atoms with Crippen LogP contribution in [0, 0.1) is 0 Å². The van der Waals surface area contributed by atoms with E-state index < -0.39 is 11.4 Å². The molecule has 0 fully saturated rings. The summed E-state index contributed by atoms with van der Waals surface area (Å²) in [6.07, 6.45) is 19.0. The maximum Gasteiger partial charge on any atom is 0.268 e. The minimum atomic E-state index is -1.68. The van der Waals surface area contributed by atoms with Crippen molar-refractivity contribution in [2.45, 2.75) is 115 Å². The molecule has 3 heteroatoms. The third-order valence-electron chi connectivity index (χ3n) is 7.71. The third kappa shape index (κ3) is 5.15. The molecule has 0 bridgehead atoms. The first-order valence-corrected chi connectivity index (χ1v) is 13.4. The fourth-order valence-corrected chi connectivity index (χ4v) is 5.69. The molecular weight excluding hydrogens is 408 g/mol. The zero-order chi connectivity index (χ0) is 23.2. The molecule has 2 aromatic rings. The highest BCUT2D eigenvalue weighted by atomic mass is 16.7. The highest BCUT2D eigenvalue weighted by Crippen LogP contribution is 2.58. The topological polar surface area (TPSA) is 49.7 Å². The Balaban J connectivity index is 1.17. The zero-order valence-corrected chi connectivity index (χ0v) is 20.5. The molecule has 33 heavy (non-hydrogen) atoms. The van der Waals surface area contributed by atoms with Gasteiger partial charge in [0.25, 0.3) is 5.79 Å². The van der Waals surface area contributed by atoms with Crippen molar-refractivity contribution in [3.63, 3.8) is 0 Å². The van der Waals surface area contributed by atoms with Gasteiger partial charge in [0.1, 0.15) is 5.75 Å². The van der Waals surface area contributed by atoms with Gasteiger partial charge in [0, 0.05) is 17.5 Å². The summed E-state index contributed by atoms with van der Waals surface area (Å²) >= 11 is 0. The summed E-state index contributed by atoms with van der Waals surface area (Å²) in [5, 5.41) is 22.8. The number of aryl methyl sites for hydroxylation is 1. The Labute approximate surface area is 200 Å². The molecule has 0 saturated carbocycles. The van der Waals surface area contributed by atoms with Gasteiger partial charge in [-0.05, 0) is 36.1 Å². The van der Waals surface area contributed by atoms with Crippen molar-refractivity contribution >= 4 is 0 Å². The van der Waals surface area contributed by atoms with E-state index in [1.807, 2.05) is 30.3 Å². The maximum absolute atomic E-state index is 11.5. The van der Waals surface area contributed by atoms with Crippen molar-refractivity contribution < 1.29 is 14.9 Å². The van der Waals surface area contributed by atoms with Crippen LogP contribution < -0.4 is 4.74 Å². The molecule has 1 aliphatic carbocycles. The Kier molecular flexibility index (Phi) is 8.14. The molecule has 2 atom stereocenters. The zero-order valence-electron chi connectivity index (χ0n) is 20.5. The molecule has 0 radical (unpaired) electrons. The van der Waals surface area contributed by atoms with Crippen LogP contribution in [-0.4, -0.2) is 10.2 Å². The lowest BCUT2D eigenvalue weighted by Gasteiger charge is -2.30. The van der Waals surface area contributed by atoms with E-state index in [2.05, 4.69) is 19.1 Å². The van der Waals surface area contributed by atoms with Gasteiger partial charge in [-0.25, -0.2) is 0 Å². The Hall–Kier alpha value is -1.84. The second kappa shape index (κ2) is 11.1. The number of rotatable bonds is 14. The van der Waals surface area contributed by atoms with Gasteiger partial charge in [-0.2, -0.15) is 0 Å². The normalized spacial score (nSPS) is 22.6. The van der Waals surface area contributed by atoms with Gasteiger partial charge in [-0.3, -0.25) is 0 Å². The van der Waals surface area contributed by atoms with E-state index in [-0.39, 0.29) is 0 Å². The van der Waals surface area contributed by atoms with Crippen LogP contribution in [-0.2, 0) is 24.2 Å². The van der Waals surface area contributed by atoms with E-state index in [1.54, 1.807) is 0 Å². The lowest BCUT2D eigenvalue weighted by Crippen LogP contribution is -2.45. The molecule has 0 saturated heterocycles. The molecule has 4 rings (SSSR count). The molecule has 0 amide bonds. The number of ether oxygens (including phenoxy) is 1. The molecule has 2 aliphatic rings. The van der Waals surface area contributed by atoms with Crippen LogP contribution in [0.1, 0.15) is 113 Å². The van der Waals surface area contributed by atoms with Gasteiger partial charge in [-0.15, -0.1) is 0 Å². The van der Waals surface area contributed by atoms with Gasteiger partial charge in [-0.1, -0.05) is 114 Å². The predicted molar refractivity (Wildman–Crippen MR) is 134 cm³/mol. The van der Waals surface area contributed by atoms with E-state index in [0.717, 1.165) is 17.5 Å². The SMILES string of the molecule is CCCCCCCCCCCCCCCc1ccc2c(c1)C1(O)Cc3ccccc3C1(O)O2. The van der Waals surface area contributed by atoms with Crippen LogP contribution in [0.4, 0.5) is 0 Å². The van der Waals surface area contributed by atoms with Crippen molar-refractivity contribution in [3.05, 3.63) is 64.7 Å². The summed E-state index contributed by atoms with van der Waals surface area (Å²) in [6.45, 7) is 2.28. The molecular formula is C30H42O3. The molecule has 2 unspecified atom stereocenters. The summed E-state index contributed by atoms with van der Waals surface area (Å²) < 4.78 is 5.93. The average Bonchev–Trinajstić information content (AvgIpc) is 3.18. The van der Waals surface area contributed by atoms with E-state index in [4.69, 9.17) is 4.74 Å². The van der Waals surface area contributed by atoms with Gasteiger partial charge in [0.15, 0.2) is 5.60 Å². The van der Waals surface area contributed by atoms with Crippen LogP contribution in [0.5, 0.6) is 5.75 Å². The lowest BCUT2D eigenvalue weighted by molar-refractivity contribution is -0.242. The molecule has 180 valence electrons. The molecule has 0 spiro atoms. The summed E-state index contributed by atoms with van der Waals surface area (Å²) in [7, 11) is 0.